The summed E-state index contributed by atoms with van der Waals surface area (Å²) in [5.41, 5.74) is 3.92. The normalized spacial score (nSPS) is 10.2. The molecule has 3 N–H and O–H groups in total. The van der Waals surface area contributed by atoms with Crippen LogP contribution in [0.1, 0.15) is 27.0 Å². The first-order valence-corrected chi connectivity index (χ1v) is 8.37. The second kappa shape index (κ2) is 8.84. The average Bonchev–Trinajstić information content (AvgIpc) is 2.61. The molecule has 2 aromatic carbocycles. The van der Waals surface area contributed by atoms with Gasteiger partial charge >= 0.3 is 5.97 Å². The van der Waals surface area contributed by atoms with E-state index >= 15 is 0 Å². The van der Waals surface area contributed by atoms with Gasteiger partial charge in [-0.2, -0.15) is 0 Å². The van der Waals surface area contributed by atoms with Gasteiger partial charge in [-0.3, -0.25) is 9.59 Å². The number of hydrogen-bond acceptors (Lipinski definition) is 5. The fourth-order valence-electron chi connectivity index (χ4n) is 2.60. The van der Waals surface area contributed by atoms with E-state index in [-0.39, 0.29) is 23.8 Å². The number of phenolic OH excluding ortho intramolecular Hbond substituents is 1. The lowest BCUT2D eigenvalue weighted by Crippen LogP contribution is -2.35. The summed E-state index contributed by atoms with van der Waals surface area (Å²) in [6.45, 7) is 5.04. The van der Waals surface area contributed by atoms with E-state index < -0.39 is 18.5 Å². The van der Waals surface area contributed by atoms with Crippen molar-refractivity contribution in [3.05, 3.63) is 58.7 Å². The zero-order valence-electron chi connectivity index (χ0n) is 15.5. The molecule has 0 radical (unpaired) electrons. The maximum atomic E-state index is 12.0. The maximum Gasteiger partial charge on any atom is 0.338 e. The highest BCUT2D eigenvalue weighted by molar-refractivity contribution is 5.96. The molecule has 7 nitrogen and oxygen atoms in total. The summed E-state index contributed by atoms with van der Waals surface area (Å²) < 4.78 is 4.87. The lowest BCUT2D eigenvalue weighted by atomic mass is 10.1. The van der Waals surface area contributed by atoms with Crippen molar-refractivity contribution in [3.63, 3.8) is 0 Å². The van der Waals surface area contributed by atoms with Gasteiger partial charge in [0.15, 0.2) is 6.61 Å². The number of carbonyl (C=O) groups is 3. The van der Waals surface area contributed by atoms with E-state index in [0.29, 0.717) is 0 Å². The Hall–Kier alpha value is -3.35. The van der Waals surface area contributed by atoms with Crippen molar-refractivity contribution in [2.45, 2.75) is 20.8 Å². The van der Waals surface area contributed by atoms with E-state index in [4.69, 9.17) is 4.74 Å². The first-order valence-electron chi connectivity index (χ1n) is 8.37. The SMILES string of the molecule is Cc1cc(C)c(NC(=O)CNC(=O)COC(=O)c2ccc(O)cc2)c(C)c1. The Balaban J connectivity index is 1.79. The number of amides is 2. The Morgan fingerprint density at radius 2 is 1.56 bits per heavy atom. The van der Waals surface area contributed by atoms with Gasteiger partial charge in [0.05, 0.1) is 12.1 Å². The zero-order chi connectivity index (χ0) is 20.0. The molecule has 0 fully saturated rings. The number of hydrogen-bond donors (Lipinski definition) is 3. The molecule has 0 heterocycles. The molecule has 0 aliphatic rings. The van der Waals surface area contributed by atoms with Gasteiger partial charge in [0, 0.05) is 5.69 Å². The van der Waals surface area contributed by atoms with Crippen molar-refractivity contribution >= 4 is 23.5 Å². The Kier molecular flexibility index (Phi) is 6.54. The number of anilines is 1. The zero-order valence-corrected chi connectivity index (χ0v) is 15.5. The second-order valence-electron chi connectivity index (χ2n) is 6.22. The summed E-state index contributed by atoms with van der Waals surface area (Å²) >= 11 is 0. The van der Waals surface area contributed by atoms with Crippen molar-refractivity contribution in [1.29, 1.82) is 0 Å². The monoisotopic (exact) mass is 370 g/mol. The van der Waals surface area contributed by atoms with Gasteiger partial charge in [0.25, 0.3) is 5.91 Å². The van der Waals surface area contributed by atoms with Crippen molar-refractivity contribution < 1.29 is 24.2 Å². The third-order valence-electron chi connectivity index (χ3n) is 3.82. The summed E-state index contributed by atoms with van der Waals surface area (Å²) in [7, 11) is 0. The minimum Gasteiger partial charge on any atom is -0.508 e. The number of aromatic hydroxyl groups is 1. The minimum atomic E-state index is -0.694. The van der Waals surface area contributed by atoms with Crippen LogP contribution in [0, 0.1) is 20.8 Å². The van der Waals surface area contributed by atoms with E-state index in [1.165, 1.54) is 24.3 Å². The summed E-state index contributed by atoms with van der Waals surface area (Å²) in [6, 6.07) is 9.38. The first-order chi connectivity index (χ1) is 12.8. The molecule has 0 atom stereocenters. The highest BCUT2D eigenvalue weighted by Gasteiger charge is 2.12. The van der Waals surface area contributed by atoms with Gasteiger partial charge in [-0.25, -0.2) is 4.79 Å². The van der Waals surface area contributed by atoms with E-state index in [0.717, 1.165) is 22.4 Å². The Morgan fingerprint density at radius 3 is 2.15 bits per heavy atom. The van der Waals surface area contributed by atoms with E-state index in [9.17, 15) is 19.5 Å². The molecule has 7 heteroatoms. The van der Waals surface area contributed by atoms with Crippen LogP contribution in [0.25, 0.3) is 0 Å². The van der Waals surface area contributed by atoms with Gasteiger partial charge in [-0.15, -0.1) is 0 Å². The van der Waals surface area contributed by atoms with Crippen LogP contribution < -0.4 is 10.6 Å². The fourth-order valence-corrected chi connectivity index (χ4v) is 2.60. The summed E-state index contributed by atoms with van der Waals surface area (Å²) in [5.74, 6) is -1.63. The van der Waals surface area contributed by atoms with Gasteiger partial charge < -0.3 is 20.5 Å². The molecule has 0 bridgehead atoms. The highest BCUT2D eigenvalue weighted by Crippen LogP contribution is 2.21. The molecule has 0 aromatic heterocycles. The van der Waals surface area contributed by atoms with Crippen LogP contribution in [0.3, 0.4) is 0 Å². The molecule has 0 aliphatic heterocycles. The predicted molar refractivity (Wildman–Crippen MR) is 101 cm³/mol. The second-order valence-corrected chi connectivity index (χ2v) is 6.22. The number of rotatable bonds is 6. The summed E-state index contributed by atoms with van der Waals surface area (Å²) in [6.07, 6.45) is 0. The smallest absolute Gasteiger partial charge is 0.338 e. The third kappa shape index (κ3) is 5.85. The standard InChI is InChI=1S/C20H22N2O5/c1-12-8-13(2)19(14(3)9-12)22-17(24)10-21-18(25)11-27-20(26)15-4-6-16(23)7-5-15/h4-9,23H,10-11H2,1-3H3,(H,21,25)(H,22,24). The molecule has 2 rings (SSSR count). The molecule has 0 aliphatic carbocycles. The van der Waals surface area contributed by atoms with Crippen molar-refractivity contribution in [2.75, 3.05) is 18.5 Å². The predicted octanol–water partition coefficient (Wildman–Crippen LogP) is 2.23. The molecule has 2 aromatic rings. The van der Waals surface area contributed by atoms with E-state index in [1.54, 1.807) is 0 Å². The number of ether oxygens (including phenoxy) is 1. The molecule has 0 saturated carbocycles. The first kappa shape index (κ1) is 20.0. The average molecular weight is 370 g/mol. The molecular formula is C20H22N2O5. The van der Waals surface area contributed by atoms with Crippen LogP contribution in [-0.2, 0) is 14.3 Å². The highest BCUT2D eigenvalue weighted by atomic mass is 16.5. The number of esters is 1. The minimum absolute atomic E-state index is 0.0226. The van der Waals surface area contributed by atoms with Crippen LogP contribution in [0.4, 0.5) is 5.69 Å². The fraction of sp³-hybridized carbons (Fsp3) is 0.250. The Labute approximate surface area is 157 Å². The van der Waals surface area contributed by atoms with E-state index in [1.807, 2.05) is 32.9 Å². The molecule has 0 unspecified atom stereocenters. The Morgan fingerprint density at radius 1 is 0.963 bits per heavy atom. The van der Waals surface area contributed by atoms with Crippen molar-refractivity contribution in [1.82, 2.24) is 5.32 Å². The van der Waals surface area contributed by atoms with Gasteiger partial charge in [-0.05, 0) is 56.2 Å². The lowest BCUT2D eigenvalue weighted by Gasteiger charge is -2.13. The molecular weight excluding hydrogens is 348 g/mol. The third-order valence-corrected chi connectivity index (χ3v) is 3.82. The largest absolute Gasteiger partial charge is 0.508 e. The van der Waals surface area contributed by atoms with Crippen LogP contribution in [0.2, 0.25) is 0 Å². The van der Waals surface area contributed by atoms with Crippen molar-refractivity contribution in [2.24, 2.45) is 0 Å². The number of carbonyl (C=O) groups excluding carboxylic acids is 3. The number of benzene rings is 2. The summed E-state index contributed by atoms with van der Waals surface area (Å²) in [5, 5.41) is 14.4. The topological polar surface area (TPSA) is 105 Å². The molecule has 2 amide bonds. The molecule has 27 heavy (non-hydrogen) atoms. The van der Waals surface area contributed by atoms with Crippen LogP contribution in [0.15, 0.2) is 36.4 Å². The van der Waals surface area contributed by atoms with Gasteiger partial charge in [-0.1, -0.05) is 17.7 Å². The molecule has 0 spiro atoms. The number of nitrogens with one attached hydrogen (secondary N) is 2. The van der Waals surface area contributed by atoms with Crippen LogP contribution in [0.5, 0.6) is 5.75 Å². The molecule has 0 saturated heterocycles. The van der Waals surface area contributed by atoms with Gasteiger partial charge in [0.1, 0.15) is 5.75 Å². The molecule has 142 valence electrons. The number of aryl methyl sites for hydroxylation is 3. The maximum absolute atomic E-state index is 12.0. The Bertz CT molecular complexity index is 836. The lowest BCUT2D eigenvalue weighted by molar-refractivity contribution is -0.126. The van der Waals surface area contributed by atoms with Crippen molar-refractivity contribution in [3.8, 4) is 5.75 Å². The van der Waals surface area contributed by atoms with Crippen LogP contribution >= 0.6 is 0 Å². The quantitative estimate of drug-likeness (QED) is 0.677. The summed E-state index contributed by atoms with van der Waals surface area (Å²) in [4.78, 5) is 35.6. The van der Waals surface area contributed by atoms with Gasteiger partial charge in [0.2, 0.25) is 5.91 Å². The number of phenols is 1. The van der Waals surface area contributed by atoms with E-state index in [2.05, 4.69) is 10.6 Å². The van der Waals surface area contributed by atoms with Crippen LogP contribution in [-0.4, -0.2) is 36.0 Å².